The number of hydrogen-bond acceptors (Lipinski definition) is 2. The first-order valence-corrected chi connectivity index (χ1v) is 5.29. The van der Waals surface area contributed by atoms with Gasteiger partial charge in [-0.1, -0.05) is 0 Å². The molecule has 2 heterocycles. The molecule has 1 aromatic heterocycles. The predicted molar refractivity (Wildman–Crippen MR) is 54.8 cm³/mol. The van der Waals surface area contributed by atoms with Gasteiger partial charge in [-0.3, -0.25) is 4.79 Å². The summed E-state index contributed by atoms with van der Waals surface area (Å²) in [4.78, 5) is 11.0. The fourth-order valence-corrected chi connectivity index (χ4v) is 3.06. The van der Waals surface area contributed by atoms with Crippen molar-refractivity contribution < 1.29 is 9.90 Å². The molecule has 1 saturated heterocycles. The first-order chi connectivity index (χ1) is 7.18. The molecule has 3 rings (SSSR count). The van der Waals surface area contributed by atoms with E-state index in [9.17, 15) is 4.79 Å². The number of aryl methyl sites for hydroxylation is 1. The Morgan fingerprint density at radius 1 is 1.67 bits per heavy atom. The molecule has 80 valence electrons. The molecular formula is C11H14N2O2. The largest absolute Gasteiger partial charge is 0.480 e. The number of rotatable bonds is 1. The van der Waals surface area contributed by atoms with Crippen LogP contribution in [0.5, 0.6) is 0 Å². The normalized spacial score (nSPS) is 32.7. The Hall–Kier alpha value is -1.29. The molecule has 0 bridgehead atoms. The van der Waals surface area contributed by atoms with Crippen molar-refractivity contribution in [2.24, 2.45) is 13.0 Å². The topological polar surface area (TPSA) is 54.3 Å². The van der Waals surface area contributed by atoms with Crippen LogP contribution in [-0.4, -0.2) is 28.2 Å². The third kappa shape index (κ3) is 1.08. The highest BCUT2D eigenvalue weighted by Gasteiger charge is 2.46. The van der Waals surface area contributed by atoms with E-state index >= 15 is 0 Å². The first kappa shape index (κ1) is 8.97. The van der Waals surface area contributed by atoms with Gasteiger partial charge in [0.2, 0.25) is 0 Å². The quantitative estimate of drug-likeness (QED) is 0.696. The Kier molecular flexibility index (Phi) is 1.71. The van der Waals surface area contributed by atoms with Crippen LogP contribution in [0.2, 0.25) is 0 Å². The molecule has 4 heteroatoms. The van der Waals surface area contributed by atoms with Crippen LogP contribution in [0, 0.1) is 5.92 Å². The fraction of sp³-hybridized carbons (Fsp3) is 0.545. The van der Waals surface area contributed by atoms with E-state index in [1.807, 2.05) is 7.05 Å². The van der Waals surface area contributed by atoms with Crippen LogP contribution >= 0.6 is 0 Å². The van der Waals surface area contributed by atoms with Gasteiger partial charge in [-0.2, -0.15) is 0 Å². The highest BCUT2D eigenvalue weighted by atomic mass is 16.4. The summed E-state index contributed by atoms with van der Waals surface area (Å²) >= 11 is 0. The molecule has 2 N–H and O–H groups in total. The molecule has 1 aliphatic heterocycles. The van der Waals surface area contributed by atoms with Gasteiger partial charge in [0.25, 0.3) is 0 Å². The zero-order valence-electron chi connectivity index (χ0n) is 8.60. The van der Waals surface area contributed by atoms with E-state index in [4.69, 9.17) is 5.11 Å². The highest BCUT2D eigenvalue weighted by molar-refractivity contribution is 5.75. The molecule has 1 fully saturated rings. The summed E-state index contributed by atoms with van der Waals surface area (Å²) in [5, 5.41) is 12.2. The van der Waals surface area contributed by atoms with Gasteiger partial charge in [0.1, 0.15) is 6.04 Å². The maximum absolute atomic E-state index is 11.0. The van der Waals surface area contributed by atoms with Gasteiger partial charge in [-0.05, 0) is 24.0 Å². The van der Waals surface area contributed by atoms with Crippen molar-refractivity contribution in [3.8, 4) is 0 Å². The van der Waals surface area contributed by atoms with E-state index in [0.29, 0.717) is 5.92 Å². The van der Waals surface area contributed by atoms with Crippen LogP contribution in [0.4, 0.5) is 0 Å². The number of aromatic nitrogens is 1. The van der Waals surface area contributed by atoms with Crippen LogP contribution in [0.25, 0.3) is 0 Å². The molecule has 0 saturated carbocycles. The number of carbonyl (C=O) groups is 1. The first-order valence-electron chi connectivity index (χ1n) is 5.29. The third-order valence-electron chi connectivity index (χ3n) is 3.83. The Balaban J connectivity index is 1.96. The number of aliphatic carboxylic acids is 1. The van der Waals surface area contributed by atoms with Gasteiger partial charge in [0.05, 0.1) is 0 Å². The van der Waals surface area contributed by atoms with Crippen molar-refractivity contribution in [2.75, 3.05) is 6.54 Å². The summed E-state index contributed by atoms with van der Waals surface area (Å²) in [6.07, 6.45) is 2.96. The maximum atomic E-state index is 11.0. The average molecular weight is 206 g/mol. The van der Waals surface area contributed by atoms with Crippen molar-refractivity contribution in [3.05, 3.63) is 23.5 Å². The highest BCUT2D eigenvalue weighted by Crippen LogP contribution is 2.42. The zero-order valence-corrected chi connectivity index (χ0v) is 8.60. The SMILES string of the molecule is Cn1ccc2c1CC1C(C(=O)O)NCC21. The molecule has 3 atom stereocenters. The van der Waals surface area contributed by atoms with Crippen molar-refractivity contribution in [1.29, 1.82) is 0 Å². The van der Waals surface area contributed by atoms with Crippen LogP contribution in [0.1, 0.15) is 17.2 Å². The second kappa shape index (κ2) is 2.85. The summed E-state index contributed by atoms with van der Waals surface area (Å²) < 4.78 is 2.12. The number of carboxylic acid groups (broad SMARTS) is 1. The molecule has 1 aromatic rings. The lowest BCUT2D eigenvalue weighted by molar-refractivity contribution is -0.140. The van der Waals surface area contributed by atoms with Gasteiger partial charge in [-0.15, -0.1) is 0 Å². The number of nitrogens with one attached hydrogen (secondary N) is 1. The molecule has 4 nitrogen and oxygen atoms in total. The number of carboxylic acids is 1. The Morgan fingerprint density at radius 2 is 2.47 bits per heavy atom. The standard InChI is InChI=1S/C11H14N2O2/c1-13-3-2-6-8-5-12-10(11(14)15)7(8)4-9(6)13/h2-3,7-8,10,12H,4-5H2,1H3,(H,14,15). The summed E-state index contributed by atoms with van der Waals surface area (Å²) in [5.74, 6) is -0.0579. The second-order valence-electron chi connectivity index (χ2n) is 4.53. The molecule has 0 aromatic carbocycles. The number of hydrogen-bond donors (Lipinski definition) is 2. The lowest BCUT2D eigenvalue weighted by Gasteiger charge is -2.13. The van der Waals surface area contributed by atoms with Gasteiger partial charge in [-0.25, -0.2) is 0 Å². The van der Waals surface area contributed by atoms with Gasteiger partial charge in [0, 0.05) is 31.4 Å². The smallest absolute Gasteiger partial charge is 0.321 e. The summed E-state index contributed by atoms with van der Waals surface area (Å²) in [6.45, 7) is 0.804. The molecule has 0 amide bonds. The van der Waals surface area contributed by atoms with E-state index in [2.05, 4.69) is 22.1 Å². The predicted octanol–water partition coefficient (Wildman–Crippen LogP) is 0.337. The van der Waals surface area contributed by atoms with Crippen LogP contribution in [0.15, 0.2) is 12.3 Å². The van der Waals surface area contributed by atoms with Crippen LogP contribution in [-0.2, 0) is 18.3 Å². The molecule has 15 heavy (non-hydrogen) atoms. The summed E-state index contributed by atoms with van der Waals surface area (Å²) in [5.41, 5.74) is 2.66. The minimum Gasteiger partial charge on any atom is -0.480 e. The van der Waals surface area contributed by atoms with Gasteiger partial charge in [0.15, 0.2) is 0 Å². The van der Waals surface area contributed by atoms with E-state index in [1.54, 1.807) is 0 Å². The molecule has 3 unspecified atom stereocenters. The van der Waals surface area contributed by atoms with Crippen molar-refractivity contribution >= 4 is 5.97 Å². The lowest BCUT2D eigenvalue weighted by atomic mass is 9.91. The van der Waals surface area contributed by atoms with E-state index in [-0.39, 0.29) is 12.0 Å². The molecule has 1 aliphatic carbocycles. The van der Waals surface area contributed by atoms with E-state index < -0.39 is 5.97 Å². The Bertz CT molecular complexity index is 424. The zero-order chi connectivity index (χ0) is 10.6. The second-order valence-corrected chi connectivity index (χ2v) is 4.53. The summed E-state index contributed by atoms with van der Waals surface area (Å²) in [7, 11) is 2.03. The fourth-order valence-electron chi connectivity index (χ4n) is 3.06. The van der Waals surface area contributed by atoms with E-state index in [1.165, 1.54) is 11.3 Å². The molecular weight excluding hydrogens is 192 g/mol. The average Bonchev–Trinajstić information content (AvgIpc) is 2.77. The minimum atomic E-state index is -0.713. The van der Waals surface area contributed by atoms with Gasteiger partial charge >= 0.3 is 5.97 Å². The Morgan fingerprint density at radius 3 is 3.20 bits per heavy atom. The Labute approximate surface area is 87.9 Å². The van der Waals surface area contributed by atoms with Crippen LogP contribution < -0.4 is 5.32 Å². The minimum absolute atomic E-state index is 0.250. The third-order valence-corrected chi connectivity index (χ3v) is 3.83. The lowest BCUT2D eigenvalue weighted by Crippen LogP contribution is -2.36. The summed E-state index contributed by atoms with van der Waals surface area (Å²) in [6, 6.07) is 1.77. The monoisotopic (exact) mass is 206 g/mol. The molecule has 0 radical (unpaired) electrons. The van der Waals surface area contributed by atoms with E-state index in [0.717, 1.165) is 13.0 Å². The molecule has 0 spiro atoms. The maximum Gasteiger partial charge on any atom is 0.321 e. The number of fused-ring (bicyclic) bond motifs is 3. The van der Waals surface area contributed by atoms with Crippen molar-refractivity contribution in [2.45, 2.75) is 18.4 Å². The van der Waals surface area contributed by atoms with Crippen molar-refractivity contribution in [1.82, 2.24) is 9.88 Å². The van der Waals surface area contributed by atoms with Gasteiger partial charge < -0.3 is 15.0 Å². The number of nitrogens with zero attached hydrogens (tertiary/aromatic N) is 1. The molecule has 2 aliphatic rings. The van der Waals surface area contributed by atoms with Crippen molar-refractivity contribution in [3.63, 3.8) is 0 Å². The van der Waals surface area contributed by atoms with Crippen LogP contribution in [0.3, 0.4) is 0 Å².